The molecule has 1 aliphatic heterocycles. The molecule has 1 aliphatic rings. The molecule has 3 rings (SSSR count). The van der Waals surface area contributed by atoms with Crippen LogP contribution in [0.25, 0.3) is 11.0 Å². The van der Waals surface area contributed by atoms with Crippen molar-refractivity contribution in [1.82, 2.24) is 14.9 Å². The number of hydrogen-bond donors (Lipinski definition) is 2. The van der Waals surface area contributed by atoms with Gasteiger partial charge in [-0.15, -0.1) is 0 Å². The lowest BCUT2D eigenvalue weighted by Crippen LogP contribution is -2.47. The van der Waals surface area contributed by atoms with Crippen LogP contribution < -0.4 is 0 Å². The molecule has 4 heteroatoms. The highest BCUT2D eigenvalue weighted by molar-refractivity contribution is 5.75. The molecule has 0 aliphatic carbocycles. The van der Waals surface area contributed by atoms with Gasteiger partial charge in [0.05, 0.1) is 11.3 Å². The van der Waals surface area contributed by atoms with Crippen molar-refractivity contribution in [3.05, 3.63) is 30.1 Å². The number of likely N-dealkylation sites (tertiary alicyclic amines) is 1. The first-order valence-electron chi connectivity index (χ1n) is 7.06. The Morgan fingerprint density at radius 2 is 2.32 bits per heavy atom. The first kappa shape index (κ1) is 12.6. The third-order valence-electron chi connectivity index (χ3n) is 4.15. The first-order valence-corrected chi connectivity index (χ1v) is 7.06. The molecule has 0 amide bonds. The molecule has 1 atom stereocenters. The fraction of sp³-hybridized carbons (Fsp3) is 0.533. The summed E-state index contributed by atoms with van der Waals surface area (Å²) in [6.07, 6.45) is 4.73. The van der Waals surface area contributed by atoms with E-state index in [1.54, 1.807) is 0 Å². The topological polar surface area (TPSA) is 52.1 Å². The van der Waals surface area contributed by atoms with Crippen molar-refractivity contribution in [3.8, 4) is 0 Å². The van der Waals surface area contributed by atoms with E-state index < -0.39 is 5.60 Å². The van der Waals surface area contributed by atoms with Gasteiger partial charge in [-0.2, -0.15) is 0 Å². The number of piperidine rings is 1. The summed E-state index contributed by atoms with van der Waals surface area (Å²) in [5, 5.41) is 11.5. The molecule has 0 unspecified atom stereocenters. The average Bonchev–Trinajstić information content (AvgIpc) is 2.86. The second-order valence-electron chi connectivity index (χ2n) is 5.61. The van der Waals surface area contributed by atoms with Crippen molar-refractivity contribution < 1.29 is 5.11 Å². The minimum atomic E-state index is -0.505. The normalized spacial score (nSPS) is 24.9. The highest BCUT2D eigenvalue weighted by Gasteiger charge is 2.31. The zero-order chi connectivity index (χ0) is 13.3. The summed E-state index contributed by atoms with van der Waals surface area (Å²) in [4.78, 5) is 10.1. The van der Waals surface area contributed by atoms with Crippen LogP contribution in [0.5, 0.6) is 0 Å². The molecule has 19 heavy (non-hydrogen) atoms. The lowest BCUT2D eigenvalue weighted by molar-refractivity contribution is -0.0360. The predicted molar refractivity (Wildman–Crippen MR) is 75.8 cm³/mol. The Kier molecular flexibility index (Phi) is 3.29. The molecule has 2 N–H and O–H groups in total. The van der Waals surface area contributed by atoms with Crippen LogP contribution in [-0.2, 0) is 6.54 Å². The maximum Gasteiger partial charge on any atom is 0.137 e. The second kappa shape index (κ2) is 4.94. The summed E-state index contributed by atoms with van der Waals surface area (Å²) < 4.78 is 0. The van der Waals surface area contributed by atoms with Crippen LogP contribution in [0.4, 0.5) is 0 Å². The van der Waals surface area contributed by atoms with Gasteiger partial charge in [0.25, 0.3) is 0 Å². The first-order chi connectivity index (χ1) is 9.18. The fourth-order valence-electron chi connectivity index (χ4n) is 2.92. The molecular weight excluding hydrogens is 238 g/mol. The van der Waals surface area contributed by atoms with Crippen molar-refractivity contribution in [1.29, 1.82) is 0 Å². The highest BCUT2D eigenvalue weighted by Crippen LogP contribution is 2.25. The number of nitrogens with zero attached hydrogens (tertiary/aromatic N) is 2. The highest BCUT2D eigenvalue weighted by atomic mass is 16.3. The Bertz CT molecular complexity index is 565. The monoisotopic (exact) mass is 259 g/mol. The molecule has 102 valence electrons. The SMILES string of the molecule is CC[C@]1(O)CCCN(Cc2ccc3cc[nH]c3n2)C1. The van der Waals surface area contributed by atoms with Crippen molar-refractivity contribution >= 4 is 11.0 Å². The van der Waals surface area contributed by atoms with Gasteiger partial charge in [0.15, 0.2) is 0 Å². The van der Waals surface area contributed by atoms with Crippen LogP contribution in [0.3, 0.4) is 0 Å². The van der Waals surface area contributed by atoms with E-state index in [1.165, 1.54) is 0 Å². The minimum absolute atomic E-state index is 0.505. The number of rotatable bonds is 3. The number of hydrogen-bond acceptors (Lipinski definition) is 3. The molecule has 1 fully saturated rings. The van der Waals surface area contributed by atoms with Crippen molar-refractivity contribution in [2.45, 2.75) is 38.3 Å². The van der Waals surface area contributed by atoms with Crippen molar-refractivity contribution in [2.24, 2.45) is 0 Å². The van der Waals surface area contributed by atoms with E-state index in [2.05, 4.69) is 33.9 Å². The van der Waals surface area contributed by atoms with Gasteiger partial charge >= 0.3 is 0 Å². The maximum atomic E-state index is 10.4. The molecule has 0 radical (unpaired) electrons. The maximum absolute atomic E-state index is 10.4. The van der Waals surface area contributed by atoms with Gasteiger partial charge in [-0.3, -0.25) is 4.90 Å². The molecule has 0 spiro atoms. The van der Waals surface area contributed by atoms with Crippen LogP contribution in [0.2, 0.25) is 0 Å². The van der Waals surface area contributed by atoms with Crippen LogP contribution in [-0.4, -0.2) is 38.7 Å². The molecule has 2 aromatic heterocycles. The summed E-state index contributed by atoms with van der Waals surface area (Å²) in [5.74, 6) is 0. The number of β-amino-alcohol motifs (C(OH)–C–C–N with tert-alkyl or cyclic N) is 1. The Morgan fingerprint density at radius 3 is 3.16 bits per heavy atom. The van der Waals surface area contributed by atoms with Crippen molar-refractivity contribution in [3.63, 3.8) is 0 Å². The van der Waals surface area contributed by atoms with Gasteiger partial charge in [0, 0.05) is 24.7 Å². The lowest BCUT2D eigenvalue weighted by atomic mass is 9.90. The largest absolute Gasteiger partial charge is 0.389 e. The van der Waals surface area contributed by atoms with Gasteiger partial charge in [0.2, 0.25) is 0 Å². The number of fused-ring (bicyclic) bond motifs is 1. The summed E-state index contributed by atoms with van der Waals surface area (Å²) in [6, 6.07) is 6.21. The number of H-pyrrole nitrogens is 1. The molecule has 4 nitrogen and oxygen atoms in total. The Balaban J connectivity index is 1.73. The smallest absolute Gasteiger partial charge is 0.137 e. The zero-order valence-electron chi connectivity index (χ0n) is 11.4. The Morgan fingerprint density at radius 1 is 1.42 bits per heavy atom. The van der Waals surface area contributed by atoms with Gasteiger partial charge in [0.1, 0.15) is 5.65 Å². The molecule has 0 bridgehead atoms. The Hall–Kier alpha value is -1.39. The number of aromatic nitrogens is 2. The van der Waals surface area contributed by atoms with E-state index in [4.69, 9.17) is 0 Å². The molecular formula is C15H21N3O. The average molecular weight is 259 g/mol. The van der Waals surface area contributed by atoms with Crippen molar-refractivity contribution in [2.75, 3.05) is 13.1 Å². The summed E-state index contributed by atoms with van der Waals surface area (Å²) in [6.45, 7) is 4.69. The minimum Gasteiger partial charge on any atom is -0.389 e. The number of aromatic amines is 1. The predicted octanol–water partition coefficient (Wildman–Crippen LogP) is 2.30. The fourth-order valence-corrected chi connectivity index (χ4v) is 2.92. The van der Waals surface area contributed by atoms with Gasteiger partial charge in [-0.1, -0.05) is 6.92 Å². The van der Waals surface area contributed by atoms with E-state index in [0.29, 0.717) is 0 Å². The van der Waals surface area contributed by atoms with E-state index in [1.807, 2.05) is 12.3 Å². The van der Waals surface area contributed by atoms with E-state index in [-0.39, 0.29) is 0 Å². The van der Waals surface area contributed by atoms with Crippen LogP contribution in [0, 0.1) is 0 Å². The van der Waals surface area contributed by atoms with Gasteiger partial charge < -0.3 is 10.1 Å². The second-order valence-corrected chi connectivity index (χ2v) is 5.61. The van der Waals surface area contributed by atoms with E-state index in [9.17, 15) is 5.11 Å². The molecule has 2 aromatic rings. The molecule has 0 aromatic carbocycles. The third kappa shape index (κ3) is 2.65. The Labute approximate surface area is 113 Å². The van der Waals surface area contributed by atoms with Crippen LogP contribution >= 0.6 is 0 Å². The summed E-state index contributed by atoms with van der Waals surface area (Å²) >= 11 is 0. The van der Waals surface area contributed by atoms with Crippen LogP contribution in [0.15, 0.2) is 24.4 Å². The quantitative estimate of drug-likeness (QED) is 0.889. The van der Waals surface area contributed by atoms with Crippen LogP contribution in [0.1, 0.15) is 31.9 Å². The molecule has 3 heterocycles. The summed E-state index contributed by atoms with van der Waals surface area (Å²) in [7, 11) is 0. The van der Waals surface area contributed by atoms with Gasteiger partial charge in [-0.05, 0) is 44.0 Å². The van der Waals surface area contributed by atoms with E-state index in [0.717, 1.165) is 55.6 Å². The molecule has 0 saturated carbocycles. The third-order valence-corrected chi connectivity index (χ3v) is 4.15. The van der Waals surface area contributed by atoms with E-state index >= 15 is 0 Å². The molecule has 1 saturated heterocycles. The number of nitrogens with one attached hydrogen (secondary N) is 1. The summed E-state index contributed by atoms with van der Waals surface area (Å²) in [5.41, 5.74) is 1.50. The zero-order valence-corrected chi connectivity index (χ0v) is 11.4. The lowest BCUT2D eigenvalue weighted by Gasteiger charge is -2.38. The number of aliphatic hydroxyl groups is 1. The standard InChI is InChI=1S/C15H21N3O/c1-2-15(19)7-3-9-18(11-15)10-13-5-4-12-6-8-16-14(12)17-13/h4-6,8,19H,2-3,7,9-11H2,1H3,(H,16,17)/t15-/m0/s1. The number of pyridine rings is 1. The van der Waals surface area contributed by atoms with Gasteiger partial charge in [-0.25, -0.2) is 4.98 Å².